The second kappa shape index (κ2) is 2.22. The van der Waals surface area contributed by atoms with Gasteiger partial charge in [-0.2, -0.15) is 0 Å². The summed E-state index contributed by atoms with van der Waals surface area (Å²) in [6.07, 6.45) is 11.0. The Kier molecular flexibility index (Phi) is 1.54. The Bertz CT molecular complexity index is 15.5. The maximum absolute atomic E-state index is 3.17. The third kappa shape index (κ3) is 1.00. The van der Waals surface area contributed by atoms with Crippen molar-refractivity contribution in [3.63, 3.8) is 0 Å². The summed E-state index contributed by atoms with van der Waals surface area (Å²) in [7, 11) is 0. The van der Waals surface area contributed by atoms with E-state index < -0.39 is 0 Å². The molecule has 0 heteroatoms. The van der Waals surface area contributed by atoms with E-state index in [1.54, 1.807) is 0 Å². The number of rotatable bonds is 0. The minimum atomic E-state index is 1.09. The van der Waals surface area contributed by atoms with Crippen LogP contribution in [0.5, 0.6) is 0 Å². The highest BCUT2D eigenvalue weighted by molar-refractivity contribution is 4.91. The lowest BCUT2D eigenvalue weighted by Gasteiger charge is -2.04. The summed E-state index contributed by atoms with van der Waals surface area (Å²) in [6, 6.07) is 0. The van der Waals surface area contributed by atoms with Crippen molar-refractivity contribution in [3.05, 3.63) is 19.3 Å². The van der Waals surface area contributed by atoms with E-state index in [0.717, 1.165) is 12.8 Å². The highest BCUT2D eigenvalue weighted by Gasteiger charge is 1.97. The van der Waals surface area contributed by atoms with Gasteiger partial charge in [0.15, 0.2) is 0 Å². The molecule has 0 spiro atoms. The average Bonchev–Trinajstić information content (AvgIpc) is 1.72. The van der Waals surface area contributed by atoms with Crippen LogP contribution in [0.4, 0.5) is 0 Å². The van der Waals surface area contributed by atoms with Crippen LogP contribution in [0.25, 0.3) is 0 Å². The van der Waals surface area contributed by atoms with Gasteiger partial charge >= 0.3 is 0 Å². The number of hydrogen-bond acceptors (Lipinski definition) is 0. The van der Waals surface area contributed by atoms with E-state index in [2.05, 4.69) is 19.3 Å². The Labute approximate surface area is 39.6 Å². The van der Waals surface area contributed by atoms with Gasteiger partial charge < -0.3 is 0 Å². The van der Waals surface area contributed by atoms with Gasteiger partial charge in [0.1, 0.15) is 0 Å². The predicted octanol–water partition coefficient (Wildman–Crippen LogP) is 1.66. The lowest BCUT2D eigenvalue weighted by molar-refractivity contribution is 0.840. The molecule has 4 radical (unpaired) electrons. The Hall–Kier alpha value is 0. The largest absolute Gasteiger partial charge is 0.0470 e. The van der Waals surface area contributed by atoms with Crippen LogP contribution in [0.2, 0.25) is 0 Å². The van der Waals surface area contributed by atoms with E-state index in [1.165, 1.54) is 6.42 Å². The van der Waals surface area contributed by atoms with Gasteiger partial charge in [-0.15, -0.1) is 0 Å². The summed E-state index contributed by atoms with van der Waals surface area (Å²) in [4.78, 5) is 0. The third-order valence-corrected chi connectivity index (χ3v) is 0.911. The molecule has 0 bridgehead atoms. The number of hydrogen-bond donors (Lipinski definition) is 0. The molecule has 0 nitrogen and oxygen atoms in total. The van der Waals surface area contributed by atoms with Gasteiger partial charge in [0.05, 0.1) is 0 Å². The first-order valence-corrected chi connectivity index (χ1v) is 2.34. The van der Waals surface area contributed by atoms with E-state index in [-0.39, 0.29) is 0 Å². The predicted molar refractivity (Wildman–Crippen MR) is 25.7 cm³/mol. The van der Waals surface area contributed by atoms with Crippen molar-refractivity contribution in [3.8, 4) is 0 Å². The van der Waals surface area contributed by atoms with E-state index in [0.29, 0.717) is 0 Å². The zero-order valence-electron chi connectivity index (χ0n) is 3.78. The summed E-state index contributed by atoms with van der Waals surface area (Å²) in [5.41, 5.74) is 0. The first kappa shape index (κ1) is 4.17. The molecule has 0 atom stereocenters. The fourth-order valence-corrected chi connectivity index (χ4v) is 0.572. The second-order valence-corrected chi connectivity index (χ2v) is 1.47. The molecule has 0 heterocycles. The summed E-state index contributed by atoms with van der Waals surface area (Å²) in [6.45, 7) is 0. The molecule has 0 aromatic carbocycles. The highest BCUT2D eigenvalue weighted by atomic mass is 14.0. The molecule has 1 aliphatic rings. The zero-order valence-corrected chi connectivity index (χ0v) is 3.78. The fraction of sp³-hybridized carbons (Fsp3) is 0.500. The first-order valence-electron chi connectivity index (χ1n) is 2.34. The summed E-state index contributed by atoms with van der Waals surface area (Å²) in [5.74, 6) is 0. The van der Waals surface area contributed by atoms with Crippen LogP contribution in [0.15, 0.2) is 0 Å². The topological polar surface area (TPSA) is 0 Å². The Morgan fingerprint density at radius 2 is 1.83 bits per heavy atom. The molecule has 0 saturated heterocycles. The van der Waals surface area contributed by atoms with Crippen molar-refractivity contribution in [1.82, 2.24) is 0 Å². The fourth-order valence-electron chi connectivity index (χ4n) is 0.572. The van der Waals surface area contributed by atoms with E-state index in [1.807, 2.05) is 0 Å². The standard InChI is InChI=1S/C6H8/c1-2-4-6-5-3-1/h1,4H,2-3,6H2. The molecule has 0 aromatic rings. The monoisotopic (exact) mass is 80.1 g/mol. The van der Waals surface area contributed by atoms with Gasteiger partial charge in [0.25, 0.3) is 0 Å². The van der Waals surface area contributed by atoms with E-state index in [4.69, 9.17) is 0 Å². The van der Waals surface area contributed by atoms with Crippen molar-refractivity contribution in [1.29, 1.82) is 0 Å². The van der Waals surface area contributed by atoms with Crippen molar-refractivity contribution < 1.29 is 0 Å². The smallest absolute Gasteiger partial charge is 0.0168 e. The van der Waals surface area contributed by atoms with Crippen LogP contribution in [-0.2, 0) is 0 Å². The first-order chi connectivity index (χ1) is 3.00. The van der Waals surface area contributed by atoms with Crippen LogP contribution in [0.1, 0.15) is 19.3 Å². The van der Waals surface area contributed by atoms with Crippen molar-refractivity contribution in [2.45, 2.75) is 19.3 Å². The molecular weight excluding hydrogens is 72.1 g/mol. The summed E-state index contributed by atoms with van der Waals surface area (Å²) in [5, 5.41) is 0. The van der Waals surface area contributed by atoms with Gasteiger partial charge in [0.2, 0.25) is 0 Å². The normalized spacial score (nSPS) is 24.0. The minimum Gasteiger partial charge on any atom is -0.0470 e. The molecule has 1 aliphatic carbocycles. The van der Waals surface area contributed by atoms with Crippen LogP contribution in [0.3, 0.4) is 0 Å². The van der Waals surface area contributed by atoms with Crippen molar-refractivity contribution in [2.24, 2.45) is 0 Å². The molecule has 32 valence electrons. The minimum absolute atomic E-state index is 1.09. The van der Waals surface area contributed by atoms with Gasteiger partial charge in [0, 0.05) is 0 Å². The van der Waals surface area contributed by atoms with Gasteiger partial charge in [-0.25, -0.2) is 0 Å². The quantitative estimate of drug-likeness (QED) is 0.415. The molecule has 0 aliphatic heterocycles. The van der Waals surface area contributed by atoms with E-state index >= 15 is 0 Å². The van der Waals surface area contributed by atoms with Crippen LogP contribution in [0, 0.1) is 19.3 Å². The molecule has 6 heavy (non-hydrogen) atoms. The maximum atomic E-state index is 3.17. The maximum Gasteiger partial charge on any atom is -0.0168 e. The molecule has 1 rings (SSSR count). The molecule has 0 unspecified atom stereocenters. The summed E-state index contributed by atoms with van der Waals surface area (Å²) >= 11 is 0. The van der Waals surface area contributed by atoms with Crippen LogP contribution in [-0.4, -0.2) is 0 Å². The van der Waals surface area contributed by atoms with E-state index in [9.17, 15) is 0 Å². The van der Waals surface area contributed by atoms with Gasteiger partial charge in [-0.05, 0) is 38.5 Å². The highest BCUT2D eigenvalue weighted by Crippen LogP contribution is 2.12. The summed E-state index contributed by atoms with van der Waals surface area (Å²) < 4.78 is 0. The molecule has 0 N–H and O–H groups in total. The van der Waals surface area contributed by atoms with Gasteiger partial charge in [-0.3, -0.25) is 0 Å². The molecule has 1 saturated carbocycles. The molecule has 0 amide bonds. The van der Waals surface area contributed by atoms with Crippen molar-refractivity contribution >= 4 is 0 Å². The van der Waals surface area contributed by atoms with Crippen LogP contribution < -0.4 is 0 Å². The third-order valence-electron chi connectivity index (χ3n) is 0.911. The van der Waals surface area contributed by atoms with Gasteiger partial charge in [-0.1, -0.05) is 0 Å². The second-order valence-electron chi connectivity index (χ2n) is 1.47. The molecule has 0 aromatic heterocycles. The van der Waals surface area contributed by atoms with Crippen LogP contribution >= 0.6 is 0 Å². The average molecular weight is 80.1 g/mol. The van der Waals surface area contributed by atoms with Crippen molar-refractivity contribution in [2.75, 3.05) is 0 Å². The zero-order chi connectivity index (χ0) is 4.24. The lowest BCUT2D eigenvalue weighted by atomic mass is 10.0. The molecular formula is C6H8. The molecule has 1 fully saturated rings. The Morgan fingerprint density at radius 3 is 2.00 bits per heavy atom. The lowest BCUT2D eigenvalue weighted by Crippen LogP contribution is -1.89. The Morgan fingerprint density at radius 1 is 1.17 bits per heavy atom. The SMILES string of the molecule is [C]1C[CH]C[CH]C1. The Balaban J connectivity index is 2.00.